The Hall–Kier alpha value is -3.12. The van der Waals surface area contributed by atoms with Crippen molar-refractivity contribution in [2.75, 3.05) is 20.3 Å². The highest BCUT2D eigenvalue weighted by Gasteiger charge is 2.22. The van der Waals surface area contributed by atoms with E-state index in [4.69, 9.17) is 13.9 Å². The van der Waals surface area contributed by atoms with Crippen LogP contribution in [0.25, 0.3) is 11.0 Å². The summed E-state index contributed by atoms with van der Waals surface area (Å²) in [4.78, 5) is 24.5. The van der Waals surface area contributed by atoms with Crippen molar-refractivity contribution in [2.45, 2.75) is 19.4 Å². The lowest BCUT2D eigenvalue weighted by Crippen LogP contribution is -2.31. The quantitative estimate of drug-likeness (QED) is 0.603. The molecule has 2 aromatic carbocycles. The summed E-state index contributed by atoms with van der Waals surface area (Å²) >= 11 is 0. The SMILES string of the molecule is COCc1c(C(=O)OCC(=O)NCC(C)c2ccccc2)oc2ccccc12. The molecule has 0 aliphatic heterocycles. The number of amides is 1. The molecule has 3 aromatic rings. The first-order valence-electron chi connectivity index (χ1n) is 9.08. The first-order valence-corrected chi connectivity index (χ1v) is 9.08. The lowest BCUT2D eigenvalue weighted by Gasteiger charge is -2.13. The van der Waals surface area contributed by atoms with Crippen LogP contribution in [0.4, 0.5) is 0 Å². The Kier molecular flexibility index (Phi) is 6.45. The molecule has 28 heavy (non-hydrogen) atoms. The summed E-state index contributed by atoms with van der Waals surface area (Å²) < 4.78 is 15.9. The molecule has 1 aromatic heterocycles. The van der Waals surface area contributed by atoms with Gasteiger partial charge in [0.25, 0.3) is 5.91 Å². The third-order valence-electron chi connectivity index (χ3n) is 4.48. The van der Waals surface area contributed by atoms with Gasteiger partial charge in [0.2, 0.25) is 5.76 Å². The number of rotatable bonds is 8. The van der Waals surface area contributed by atoms with Gasteiger partial charge in [-0.3, -0.25) is 4.79 Å². The zero-order chi connectivity index (χ0) is 19.9. The highest BCUT2D eigenvalue weighted by atomic mass is 16.5. The van der Waals surface area contributed by atoms with Crippen molar-refractivity contribution in [1.29, 1.82) is 0 Å². The molecule has 0 saturated heterocycles. The number of esters is 1. The van der Waals surface area contributed by atoms with Crippen LogP contribution in [0.2, 0.25) is 0 Å². The Morgan fingerprint density at radius 3 is 2.54 bits per heavy atom. The zero-order valence-electron chi connectivity index (χ0n) is 15.9. The Labute approximate surface area is 163 Å². The molecule has 0 fully saturated rings. The predicted octanol–water partition coefficient (Wildman–Crippen LogP) is 3.66. The lowest BCUT2D eigenvalue weighted by molar-refractivity contribution is -0.124. The van der Waals surface area contributed by atoms with Gasteiger partial charge in [-0.1, -0.05) is 55.5 Å². The summed E-state index contributed by atoms with van der Waals surface area (Å²) in [7, 11) is 1.54. The largest absolute Gasteiger partial charge is 0.450 e. The number of carbonyl (C=O) groups excluding carboxylic acids is 2. The molecule has 0 aliphatic carbocycles. The summed E-state index contributed by atoms with van der Waals surface area (Å²) in [6, 6.07) is 17.2. The second-order valence-electron chi connectivity index (χ2n) is 6.53. The van der Waals surface area contributed by atoms with Crippen LogP contribution in [0.1, 0.15) is 34.5 Å². The fourth-order valence-electron chi connectivity index (χ4n) is 2.97. The number of nitrogens with one attached hydrogen (secondary N) is 1. The highest BCUT2D eigenvalue weighted by Crippen LogP contribution is 2.27. The molecule has 0 spiro atoms. The monoisotopic (exact) mass is 381 g/mol. The fraction of sp³-hybridized carbons (Fsp3) is 0.273. The molecule has 1 heterocycles. The molecule has 146 valence electrons. The number of benzene rings is 2. The number of hydrogen-bond donors (Lipinski definition) is 1. The molecule has 3 rings (SSSR count). The second kappa shape index (κ2) is 9.19. The minimum Gasteiger partial charge on any atom is -0.450 e. The number of ether oxygens (including phenoxy) is 2. The maximum absolute atomic E-state index is 12.4. The average molecular weight is 381 g/mol. The maximum Gasteiger partial charge on any atom is 0.375 e. The van der Waals surface area contributed by atoms with E-state index in [2.05, 4.69) is 5.32 Å². The van der Waals surface area contributed by atoms with Gasteiger partial charge >= 0.3 is 5.97 Å². The van der Waals surface area contributed by atoms with Gasteiger partial charge in [0.15, 0.2) is 6.61 Å². The molecule has 0 radical (unpaired) electrons. The van der Waals surface area contributed by atoms with E-state index in [1.807, 2.05) is 55.5 Å². The zero-order valence-corrected chi connectivity index (χ0v) is 15.9. The van der Waals surface area contributed by atoms with Crippen molar-refractivity contribution in [1.82, 2.24) is 5.32 Å². The molecule has 1 amide bonds. The van der Waals surface area contributed by atoms with E-state index in [-0.39, 0.29) is 30.8 Å². The number of fused-ring (bicyclic) bond motifs is 1. The minimum atomic E-state index is -0.686. The van der Waals surface area contributed by atoms with E-state index < -0.39 is 5.97 Å². The number of para-hydroxylation sites is 1. The van der Waals surface area contributed by atoms with Crippen molar-refractivity contribution in [3.63, 3.8) is 0 Å². The normalized spacial score (nSPS) is 11.9. The van der Waals surface area contributed by atoms with Crippen LogP contribution in [0, 0.1) is 0 Å². The Morgan fingerprint density at radius 2 is 1.79 bits per heavy atom. The Morgan fingerprint density at radius 1 is 1.07 bits per heavy atom. The summed E-state index contributed by atoms with van der Waals surface area (Å²) in [6.07, 6.45) is 0. The van der Waals surface area contributed by atoms with Gasteiger partial charge < -0.3 is 19.2 Å². The molecule has 1 N–H and O–H groups in total. The molecule has 6 nitrogen and oxygen atoms in total. The maximum atomic E-state index is 12.4. The van der Waals surface area contributed by atoms with Crippen molar-refractivity contribution in [2.24, 2.45) is 0 Å². The van der Waals surface area contributed by atoms with E-state index in [1.165, 1.54) is 7.11 Å². The third-order valence-corrected chi connectivity index (χ3v) is 4.48. The van der Waals surface area contributed by atoms with Crippen molar-refractivity contribution in [3.8, 4) is 0 Å². The fourth-order valence-corrected chi connectivity index (χ4v) is 2.97. The summed E-state index contributed by atoms with van der Waals surface area (Å²) in [5, 5.41) is 3.57. The third kappa shape index (κ3) is 4.58. The molecule has 0 aliphatic rings. The van der Waals surface area contributed by atoms with Gasteiger partial charge in [-0.25, -0.2) is 4.79 Å². The van der Waals surface area contributed by atoms with Crippen LogP contribution in [0.5, 0.6) is 0 Å². The number of methoxy groups -OCH3 is 1. The molecular formula is C22H23NO5. The summed E-state index contributed by atoms with van der Waals surface area (Å²) in [5.74, 6) is -0.826. The molecule has 6 heteroatoms. The minimum absolute atomic E-state index is 0.0634. The summed E-state index contributed by atoms with van der Waals surface area (Å²) in [5.41, 5.74) is 2.31. The first-order chi connectivity index (χ1) is 13.6. The van der Waals surface area contributed by atoms with Gasteiger partial charge in [0.1, 0.15) is 5.58 Å². The highest BCUT2D eigenvalue weighted by molar-refractivity contribution is 5.96. The van der Waals surface area contributed by atoms with E-state index in [0.717, 1.165) is 10.9 Å². The van der Waals surface area contributed by atoms with Gasteiger partial charge in [0.05, 0.1) is 6.61 Å². The van der Waals surface area contributed by atoms with Crippen molar-refractivity contribution in [3.05, 3.63) is 71.5 Å². The van der Waals surface area contributed by atoms with Crippen LogP contribution < -0.4 is 5.32 Å². The van der Waals surface area contributed by atoms with Crippen molar-refractivity contribution >= 4 is 22.8 Å². The van der Waals surface area contributed by atoms with Gasteiger partial charge in [0, 0.05) is 24.6 Å². The van der Waals surface area contributed by atoms with E-state index in [1.54, 1.807) is 6.07 Å². The van der Waals surface area contributed by atoms with Gasteiger partial charge in [-0.15, -0.1) is 0 Å². The molecule has 0 bridgehead atoms. The van der Waals surface area contributed by atoms with E-state index >= 15 is 0 Å². The standard InChI is InChI=1S/C22H23NO5/c1-15(16-8-4-3-5-9-16)12-23-20(24)14-27-22(25)21-18(13-26-2)17-10-6-7-11-19(17)28-21/h3-11,15H,12-14H2,1-2H3,(H,23,24). The van der Waals surface area contributed by atoms with E-state index in [0.29, 0.717) is 17.7 Å². The lowest BCUT2D eigenvalue weighted by atomic mass is 10.0. The predicted molar refractivity (Wildman–Crippen MR) is 105 cm³/mol. The number of furan rings is 1. The van der Waals surface area contributed by atoms with Crippen LogP contribution in [0.3, 0.4) is 0 Å². The van der Waals surface area contributed by atoms with Gasteiger partial charge in [-0.05, 0) is 17.5 Å². The van der Waals surface area contributed by atoms with Crippen LogP contribution in [-0.4, -0.2) is 32.1 Å². The van der Waals surface area contributed by atoms with E-state index in [9.17, 15) is 9.59 Å². The number of carbonyl (C=O) groups is 2. The van der Waals surface area contributed by atoms with Crippen LogP contribution >= 0.6 is 0 Å². The average Bonchev–Trinajstić information content (AvgIpc) is 3.10. The summed E-state index contributed by atoms with van der Waals surface area (Å²) in [6.45, 7) is 2.32. The Bertz CT molecular complexity index is 948. The Balaban J connectivity index is 1.57. The number of hydrogen-bond acceptors (Lipinski definition) is 5. The smallest absolute Gasteiger partial charge is 0.375 e. The van der Waals surface area contributed by atoms with Crippen LogP contribution in [-0.2, 0) is 20.9 Å². The molecule has 1 unspecified atom stereocenters. The van der Waals surface area contributed by atoms with Crippen molar-refractivity contribution < 1.29 is 23.5 Å². The topological polar surface area (TPSA) is 77.8 Å². The molecule has 1 atom stereocenters. The molecular weight excluding hydrogens is 358 g/mol. The first kappa shape index (κ1) is 19.6. The van der Waals surface area contributed by atoms with Crippen LogP contribution in [0.15, 0.2) is 59.0 Å². The van der Waals surface area contributed by atoms with Gasteiger partial charge in [-0.2, -0.15) is 0 Å². The second-order valence-corrected chi connectivity index (χ2v) is 6.53. The molecule has 0 saturated carbocycles.